The number of benzene rings is 2. The van der Waals surface area contributed by atoms with Gasteiger partial charge in [-0.1, -0.05) is 38.1 Å². The van der Waals surface area contributed by atoms with Crippen LogP contribution in [0, 0.1) is 16.6 Å². The molecule has 2 aromatic carbocycles. The number of nitrogens with one attached hydrogen (secondary N) is 3. The zero-order chi connectivity index (χ0) is 44.0. The Bertz CT molecular complexity index is 1990. The number of phosphoric ester groups is 1. The van der Waals surface area contributed by atoms with Gasteiger partial charge in [-0.05, 0) is 117 Å². The first-order valence-corrected chi connectivity index (χ1v) is 22.8. The summed E-state index contributed by atoms with van der Waals surface area (Å²) in [4.78, 5) is 79.3. The van der Waals surface area contributed by atoms with Gasteiger partial charge >= 0.3 is 19.8 Å². The Morgan fingerprint density at radius 1 is 0.898 bits per heavy atom. The van der Waals surface area contributed by atoms with Crippen molar-refractivity contribution in [3.05, 3.63) is 69.9 Å². The van der Waals surface area contributed by atoms with Gasteiger partial charge in [-0.3, -0.25) is 23.4 Å². The van der Waals surface area contributed by atoms with Crippen LogP contribution in [0.4, 0.5) is 0 Å². The van der Waals surface area contributed by atoms with Crippen LogP contribution >= 0.6 is 75.6 Å². The highest BCUT2D eigenvalue weighted by Gasteiger charge is 2.30. The molecule has 0 aliphatic heterocycles. The summed E-state index contributed by atoms with van der Waals surface area (Å²) in [6, 6.07) is 8.62. The summed E-state index contributed by atoms with van der Waals surface area (Å²) >= 11 is 5.90. The van der Waals surface area contributed by atoms with Gasteiger partial charge in [-0.2, -0.15) is 0 Å². The van der Waals surface area contributed by atoms with E-state index in [0.29, 0.717) is 23.5 Å². The lowest BCUT2D eigenvalue weighted by Crippen LogP contribution is -2.50. The molecule has 0 saturated heterocycles. The SMILES string of the molecule is COc1c(I)cc(I)c(C(=O)N[C@@H](CC(=O)N[C@H](CNC(=O)[C@@H](C)c2ccc(CC(C)C)cc2)COP(=O)(O)OCCCCC(=O)On2c(O)ccc2O)C(=O)O)c1I. The number of unbranched alkanes of at least 4 members (excludes halogenated alkanes) is 1. The first kappa shape index (κ1) is 50.1. The maximum absolute atomic E-state index is 13.3. The number of amides is 3. The Kier molecular flexibility index (Phi) is 20.1. The van der Waals surface area contributed by atoms with E-state index in [0.717, 1.165) is 33.3 Å². The summed E-state index contributed by atoms with van der Waals surface area (Å²) in [5.74, 6) is -5.14. The molecule has 3 rings (SSSR count). The average Bonchev–Trinajstić information content (AvgIpc) is 3.47. The number of rotatable bonds is 23. The van der Waals surface area contributed by atoms with Gasteiger partial charge in [0, 0.05) is 28.7 Å². The summed E-state index contributed by atoms with van der Waals surface area (Å²) in [7, 11) is -3.34. The van der Waals surface area contributed by atoms with Crippen LogP contribution in [0.1, 0.15) is 73.9 Å². The monoisotopic (exact) mass is 1180 g/mol. The maximum atomic E-state index is 13.3. The Labute approximate surface area is 381 Å². The number of carboxylic acid groups (broad SMARTS) is 1. The molecule has 0 radical (unpaired) electrons. The largest absolute Gasteiger partial charge is 0.495 e. The predicted octanol–water partition coefficient (Wildman–Crippen LogP) is 4.86. The van der Waals surface area contributed by atoms with Crippen LogP contribution in [-0.2, 0) is 39.2 Å². The molecule has 0 aliphatic carbocycles. The Hall–Kier alpha value is -3.23. The summed E-state index contributed by atoms with van der Waals surface area (Å²) in [6.07, 6.45) is 0.142. The molecular formula is C37H46I3N4O14P. The Balaban J connectivity index is 1.66. The van der Waals surface area contributed by atoms with Gasteiger partial charge in [0.2, 0.25) is 23.6 Å². The number of ether oxygens (including phenoxy) is 1. The van der Waals surface area contributed by atoms with Crippen molar-refractivity contribution < 1.29 is 67.4 Å². The molecule has 3 amide bonds. The number of halogens is 3. The number of carbonyl (C=O) groups excluding carboxylic acids is 4. The molecule has 1 aromatic heterocycles. The van der Waals surface area contributed by atoms with Crippen LogP contribution in [0.15, 0.2) is 42.5 Å². The normalized spacial score (nSPS) is 13.8. The lowest BCUT2D eigenvalue weighted by molar-refractivity contribution is -0.145. The third-order valence-electron chi connectivity index (χ3n) is 8.42. The average molecular weight is 1180 g/mol. The standard InChI is InChI=1S/C37H46I3N4O14P/c1-20(2)15-22-8-10-23(11-9-22)21(3)35(49)41-18-24(19-57-59(53,54)56-14-6-5-7-31(48)58-44-29(46)12-13-30(44)47)42-28(45)17-27(37(51)52)43-36(50)32-25(38)16-26(39)34(55-4)33(32)40/h8-13,16,20-21,24,27,46-47H,5-7,14-15,17-19H2,1-4H3,(H,41,49)(H,42,45)(H,43,50)(H,51,52)(H,53,54)/t21-,24+,27-/m0/s1. The number of carboxylic acids is 1. The summed E-state index contributed by atoms with van der Waals surface area (Å²) in [5, 5.41) is 36.7. The van der Waals surface area contributed by atoms with E-state index in [4.69, 9.17) is 18.6 Å². The van der Waals surface area contributed by atoms with Crippen LogP contribution in [0.25, 0.3) is 0 Å². The third-order valence-corrected chi connectivity index (χ3v) is 12.1. The lowest BCUT2D eigenvalue weighted by Gasteiger charge is -2.23. The van der Waals surface area contributed by atoms with Crippen molar-refractivity contribution in [2.75, 3.05) is 26.9 Å². The topological polar surface area (TPSA) is 261 Å². The number of aliphatic carboxylic acids is 1. The molecule has 324 valence electrons. The molecule has 1 unspecified atom stereocenters. The number of hydrogen-bond donors (Lipinski definition) is 7. The zero-order valence-corrected chi connectivity index (χ0v) is 39.8. The first-order valence-electron chi connectivity index (χ1n) is 18.1. The van der Waals surface area contributed by atoms with Crippen LogP contribution in [0.3, 0.4) is 0 Å². The minimum atomic E-state index is -4.77. The van der Waals surface area contributed by atoms with E-state index in [1.165, 1.54) is 7.11 Å². The van der Waals surface area contributed by atoms with Crippen molar-refractivity contribution in [2.24, 2.45) is 5.92 Å². The minimum Gasteiger partial charge on any atom is -0.495 e. The Morgan fingerprint density at radius 2 is 1.54 bits per heavy atom. The molecule has 59 heavy (non-hydrogen) atoms. The molecule has 0 saturated carbocycles. The van der Waals surface area contributed by atoms with Gasteiger partial charge in [-0.25, -0.2) is 14.2 Å². The molecule has 18 nitrogen and oxygen atoms in total. The fourth-order valence-corrected chi connectivity index (χ4v) is 10.5. The van der Waals surface area contributed by atoms with E-state index < -0.39 is 80.3 Å². The highest BCUT2D eigenvalue weighted by Crippen LogP contribution is 2.43. The van der Waals surface area contributed by atoms with E-state index in [1.807, 2.05) is 92.0 Å². The smallest absolute Gasteiger partial charge is 0.472 e. The number of phosphoric acid groups is 1. The zero-order valence-electron chi connectivity index (χ0n) is 32.4. The second-order valence-corrected chi connectivity index (χ2v) is 18.4. The molecular weight excluding hydrogens is 1140 g/mol. The molecule has 7 N–H and O–H groups in total. The van der Waals surface area contributed by atoms with Gasteiger partial charge < -0.3 is 45.7 Å². The highest BCUT2D eigenvalue weighted by atomic mass is 127. The second-order valence-electron chi connectivity index (χ2n) is 13.6. The number of aromatic nitrogens is 1. The molecule has 0 bridgehead atoms. The van der Waals surface area contributed by atoms with Crippen molar-refractivity contribution in [1.82, 2.24) is 20.7 Å². The van der Waals surface area contributed by atoms with Crippen molar-refractivity contribution in [3.63, 3.8) is 0 Å². The van der Waals surface area contributed by atoms with Crippen molar-refractivity contribution in [1.29, 1.82) is 0 Å². The van der Waals surface area contributed by atoms with Crippen molar-refractivity contribution >= 4 is 105 Å². The molecule has 1 heterocycles. The van der Waals surface area contributed by atoms with E-state index in [2.05, 4.69) is 29.8 Å². The minimum absolute atomic E-state index is 0.0919. The van der Waals surface area contributed by atoms with Gasteiger partial charge in [0.05, 0.1) is 51.4 Å². The number of methoxy groups -OCH3 is 1. The molecule has 4 atom stereocenters. The highest BCUT2D eigenvalue weighted by molar-refractivity contribution is 14.1. The molecule has 0 fully saturated rings. The summed E-state index contributed by atoms with van der Waals surface area (Å²) in [6.45, 7) is 4.57. The van der Waals surface area contributed by atoms with E-state index >= 15 is 0 Å². The number of carbonyl (C=O) groups is 5. The molecule has 0 spiro atoms. The number of nitrogens with zero attached hydrogens (tertiary/aromatic N) is 1. The van der Waals surface area contributed by atoms with Crippen LogP contribution in [0.5, 0.6) is 17.5 Å². The fraction of sp³-hybridized carbons (Fsp3) is 0.432. The van der Waals surface area contributed by atoms with Crippen molar-refractivity contribution in [2.45, 2.75) is 70.9 Å². The molecule has 22 heteroatoms. The number of hydrogen-bond acceptors (Lipinski definition) is 12. The third kappa shape index (κ3) is 16.0. The maximum Gasteiger partial charge on any atom is 0.472 e. The fourth-order valence-electron chi connectivity index (χ4n) is 5.38. The van der Waals surface area contributed by atoms with E-state index in [9.17, 15) is 48.8 Å². The van der Waals surface area contributed by atoms with Gasteiger partial charge in [0.25, 0.3) is 5.91 Å². The van der Waals surface area contributed by atoms with Crippen LogP contribution in [-0.4, -0.2) is 93.6 Å². The first-order chi connectivity index (χ1) is 27.7. The van der Waals surface area contributed by atoms with E-state index in [1.54, 1.807) is 13.0 Å². The lowest BCUT2D eigenvalue weighted by atomic mass is 9.96. The summed E-state index contributed by atoms with van der Waals surface area (Å²) in [5.41, 5.74) is 2.00. The van der Waals surface area contributed by atoms with Crippen molar-refractivity contribution in [3.8, 4) is 17.5 Å². The Morgan fingerprint density at radius 3 is 2.14 bits per heavy atom. The quantitative estimate of drug-likeness (QED) is 0.0380. The second kappa shape index (κ2) is 23.7. The van der Waals surface area contributed by atoms with Gasteiger partial charge in [0.15, 0.2) is 0 Å². The molecule has 3 aromatic rings. The predicted molar refractivity (Wildman–Crippen MR) is 238 cm³/mol. The summed E-state index contributed by atoms with van der Waals surface area (Å²) < 4.78 is 30.5. The van der Waals surface area contributed by atoms with Crippen LogP contribution in [0.2, 0.25) is 0 Å². The number of aromatic hydroxyl groups is 2. The molecule has 0 aliphatic rings. The van der Waals surface area contributed by atoms with Crippen LogP contribution < -0.4 is 25.5 Å². The van der Waals surface area contributed by atoms with E-state index in [-0.39, 0.29) is 38.0 Å². The van der Waals surface area contributed by atoms with Gasteiger partial charge in [-0.15, -0.1) is 4.73 Å². The van der Waals surface area contributed by atoms with Gasteiger partial charge in [0.1, 0.15) is 11.8 Å².